The van der Waals surface area contributed by atoms with E-state index in [9.17, 15) is 0 Å². The summed E-state index contributed by atoms with van der Waals surface area (Å²) in [6, 6.07) is 0. The van der Waals surface area contributed by atoms with Crippen LogP contribution in [0.3, 0.4) is 0 Å². The molecule has 0 saturated carbocycles. The van der Waals surface area contributed by atoms with Gasteiger partial charge in [0, 0.05) is 6.21 Å². The van der Waals surface area contributed by atoms with Crippen LogP contribution >= 0.6 is 11.3 Å². The number of thiazole rings is 1. The van der Waals surface area contributed by atoms with E-state index in [0.717, 1.165) is 10.7 Å². The van der Waals surface area contributed by atoms with Crippen LogP contribution in [0.2, 0.25) is 0 Å². The maximum absolute atomic E-state index is 5.55. The smallest absolute Gasteiger partial charge is 0.164 e. The first-order valence-electron chi connectivity index (χ1n) is 2.83. The Morgan fingerprint density at radius 1 is 1.70 bits per heavy atom. The molecule has 0 fully saturated rings. The van der Waals surface area contributed by atoms with Gasteiger partial charge in [0.05, 0.1) is 10.4 Å². The third-order valence-electron chi connectivity index (χ3n) is 1.29. The number of rotatable bonds is 0. The van der Waals surface area contributed by atoms with Crippen LogP contribution in [0.25, 0.3) is 0 Å². The molecule has 0 atom stereocenters. The SMILES string of the molecule is NN1CN=Cc2scnc21. The first-order chi connectivity index (χ1) is 4.88. The fourth-order valence-electron chi connectivity index (χ4n) is 0.832. The third-order valence-corrected chi connectivity index (χ3v) is 2.04. The van der Waals surface area contributed by atoms with Crippen molar-refractivity contribution in [3.05, 3.63) is 10.4 Å². The highest BCUT2D eigenvalue weighted by molar-refractivity contribution is 7.12. The summed E-state index contributed by atoms with van der Waals surface area (Å²) in [4.78, 5) is 9.12. The molecule has 0 unspecified atom stereocenters. The molecular formula is C5H6N4S. The fourth-order valence-corrected chi connectivity index (χ4v) is 1.51. The Labute approximate surface area is 62.0 Å². The Balaban J connectivity index is 2.52. The monoisotopic (exact) mass is 154 g/mol. The first kappa shape index (κ1) is 5.82. The normalized spacial score (nSPS) is 15.5. The second kappa shape index (κ2) is 2.03. The van der Waals surface area contributed by atoms with Gasteiger partial charge in [0.2, 0.25) is 0 Å². The molecule has 4 nitrogen and oxygen atoms in total. The maximum Gasteiger partial charge on any atom is 0.164 e. The molecule has 2 rings (SSSR count). The summed E-state index contributed by atoms with van der Waals surface area (Å²) in [6.07, 6.45) is 1.80. The Bertz CT molecular complexity index is 266. The Kier molecular flexibility index (Phi) is 1.18. The first-order valence-corrected chi connectivity index (χ1v) is 3.71. The van der Waals surface area contributed by atoms with Crippen LogP contribution in [-0.4, -0.2) is 17.9 Å². The van der Waals surface area contributed by atoms with Gasteiger partial charge in [0.25, 0.3) is 0 Å². The number of nitrogens with zero attached hydrogens (tertiary/aromatic N) is 3. The van der Waals surface area contributed by atoms with E-state index in [1.165, 1.54) is 5.01 Å². The minimum Gasteiger partial charge on any atom is -0.272 e. The van der Waals surface area contributed by atoms with E-state index in [1.54, 1.807) is 23.1 Å². The van der Waals surface area contributed by atoms with Crippen molar-refractivity contribution in [2.75, 3.05) is 11.7 Å². The van der Waals surface area contributed by atoms with Gasteiger partial charge in [-0.3, -0.25) is 10.0 Å². The molecule has 1 aromatic rings. The zero-order chi connectivity index (χ0) is 6.97. The summed E-state index contributed by atoms with van der Waals surface area (Å²) in [5, 5.41) is 1.53. The van der Waals surface area contributed by atoms with E-state index >= 15 is 0 Å². The third kappa shape index (κ3) is 0.714. The number of aliphatic imine (C=N–C) groups is 1. The highest BCUT2D eigenvalue weighted by Crippen LogP contribution is 2.20. The second-order valence-corrected chi connectivity index (χ2v) is 2.85. The largest absolute Gasteiger partial charge is 0.272 e. The number of fused-ring (bicyclic) bond motifs is 1. The van der Waals surface area contributed by atoms with Crippen LogP contribution in [0.15, 0.2) is 10.5 Å². The van der Waals surface area contributed by atoms with Gasteiger partial charge >= 0.3 is 0 Å². The molecule has 0 amide bonds. The molecule has 0 aromatic carbocycles. The average Bonchev–Trinajstić information content (AvgIpc) is 2.36. The van der Waals surface area contributed by atoms with Crippen LogP contribution in [0.1, 0.15) is 4.88 Å². The predicted octanol–water partition coefficient (Wildman–Crippen LogP) is 0.213. The fraction of sp³-hybridized carbons (Fsp3) is 0.200. The topological polar surface area (TPSA) is 54.5 Å². The quantitative estimate of drug-likeness (QED) is 0.543. The van der Waals surface area contributed by atoms with E-state index in [2.05, 4.69) is 9.98 Å². The lowest BCUT2D eigenvalue weighted by atomic mass is 10.5. The van der Waals surface area contributed by atoms with Gasteiger partial charge < -0.3 is 0 Å². The molecule has 0 bridgehead atoms. The van der Waals surface area contributed by atoms with Gasteiger partial charge in [-0.1, -0.05) is 0 Å². The van der Waals surface area contributed by atoms with Gasteiger partial charge in [0.1, 0.15) is 6.67 Å². The summed E-state index contributed by atoms with van der Waals surface area (Å²) in [5.41, 5.74) is 1.77. The van der Waals surface area contributed by atoms with E-state index in [1.807, 2.05) is 0 Å². The van der Waals surface area contributed by atoms with E-state index in [4.69, 9.17) is 5.84 Å². The van der Waals surface area contributed by atoms with E-state index in [0.29, 0.717) is 6.67 Å². The molecule has 10 heavy (non-hydrogen) atoms. The number of hydrogen-bond donors (Lipinski definition) is 1. The zero-order valence-electron chi connectivity index (χ0n) is 5.19. The summed E-state index contributed by atoms with van der Waals surface area (Å²) >= 11 is 1.55. The molecule has 0 aliphatic carbocycles. The van der Waals surface area contributed by atoms with Crippen molar-refractivity contribution in [1.82, 2.24) is 4.98 Å². The van der Waals surface area contributed by atoms with Crippen LogP contribution in [-0.2, 0) is 0 Å². The number of hydrazine groups is 1. The van der Waals surface area contributed by atoms with E-state index < -0.39 is 0 Å². The van der Waals surface area contributed by atoms with Gasteiger partial charge in [-0.05, 0) is 0 Å². The van der Waals surface area contributed by atoms with Crippen molar-refractivity contribution in [3.8, 4) is 0 Å². The Morgan fingerprint density at radius 3 is 3.40 bits per heavy atom. The van der Waals surface area contributed by atoms with Gasteiger partial charge in [-0.25, -0.2) is 10.8 Å². The number of hydrogen-bond acceptors (Lipinski definition) is 5. The summed E-state index contributed by atoms with van der Waals surface area (Å²) < 4.78 is 0. The Hall–Kier alpha value is -0.940. The molecule has 1 aliphatic rings. The van der Waals surface area contributed by atoms with Crippen molar-refractivity contribution >= 4 is 23.4 Å². The summed E-state index contributed by atoms with van der Waals surface area (Å²) in [5.74, 6) is 6.39. The second-order valence-electron chi connectivity index (χ2n) is 1.96. The van der Waals surface area contributed by atoms with Crippen molar-refractivity contribution in [1.29, 1.82) is 0 Å². The lowest BCUT2D eigenvalue weighted by Crippen LogP contribution is -2.33. The lowest BCUT2D eigenvalue weighted by molar-refractivity contribution is 0.843. The maximum atomic E-state index is 5.55. The van der Waals surface area contributed by atoms with Crippen LogP contribution in [0.5, 0.6) is 0 Å². The molecule has 0 spiro atoms. The minimum absolute atomic E-state index is 0.511. The molecule has 0 radical (unpaired) electrons. The number of aromatic nitrogens is 1. The summed E-state index contributed by atoms with van der Waals surface area (Å²) in [6.45, 7) is 0.511. The summed E-state index contributed by atoms with van der Waals surface area (Å²) in [7, 11) is 0. The molecule has 52 valence electrons. The predicted molar refractivity (Wildman–Crippen MR) is 41.2 cm³/mol. The van der Waals surface area contributed by atoms with Crippen LogP contribution in [0.4, 0.5) is 5.82 Å². The highest BCUT2D eigenvalue weighted by Gasteiger charge is 2.12. The molecule has 0 saturated heterocycles. The van der Waals surface area contributed by atoms with Crippen LogP contribution < -0.4 is 10.9 Å². The van der Waals surface area contributed by atoms with Crippen molar-refractivity contribution in [3.63, 3.8) is 0 Å². The lowest BCUT2D eigenvalue weighted by Gasteiger charge is -2.16. The molecule has 1 aromatic heterocycles. The molecule has 2 heterocycles. The van der Waals surface area contributed by atoms with Crippen molar-refractivity contribution in [2.24, 2.45) is 10.8 Å². The molecule has 1 aliphatic heterocycles. The number of anilines is 1. The average molecular weight is 154 g/mol. The molecule has 2 N–H and O–H groups in total. The highest BCUT2D eigenvalue weighted by atomic mass is 32.1. The zero-order valence-corrected chi connectivity index (χ0v) is 6.01. The van der Waals surface area contributed by atoms with Gasteiger partial charge in [-0.15, -0.1) is 11.3 Å². The number of nitrogens with two attached hydrogens (primary N) is 1. The van der Waals surface area contributed by atoms with E-state index in [-0.39, 0.29) is 0 Å². The van der Waals surface area contributed by atoms with Crippen LogP contribution in [0, 0.1) is 0 Å². The Morgan fingerprint density at radius 2 is 2.60 bits per heavy atom. The van der Waals surface area contributed by atoms with Crippen molar-refractivity contribution in [2.45, 2.75) is 0 Å². The van der Waals surface area contributed by atoms with Crippen molar-refractivity contribution < 1.29 is 0 Å². The molecular weight excluding hydrogens is 148 g/mol. The molecule has 5 heteroatoms. The van der Waals surface area contributed by atoms with Gasteiger partial charge in [0.15, 0.2) is 5.82 Å². The standard InChI is InChI=1S/C5H6N4S/c6-9-2-7-1-4-5(9)8-3-10-4/h1,3H,2,6H2. The van der Waals surface area contributed by atoms with Gasteiger partial charge in [-0.2, -0.15) is 0 Å². The minimum atomic E-state index is 0.511.